The summed E-state index contributed by atoms with van der Waals surface area (Å²) >= 11 is 4.27. The van der Waals surface area contributed by atoms with Gasteiger partial charge in [0.05, 0.1) is 14.2 Å². The number of hydrogen-bond acceptors (Lipinski definition) is 4. The van der Waals surface area contributed by atoms with Gasteiger partial charge in [-0.3, -0.25) is 0 Å². The molecule has 3 nitrogen and oxygen atoms in total. The van der Waals surface area contributed by atoms with Gasteiger partial charge in [-0.1, -0.05) is 0 Å². The van der Waals surface area contributed by atoms with Crippen molar-refractivity contribution in [2.24, 2.45) is 5.73 Å². The molecule has 13 heavy (non-hydrogen) atoms. The molecule has 0 radical (unpaired) electrons. The molecule has 0 saturated carbocycles. The highest BCUT2D eigenvalue weighted by Gasteiger charge is 2.10. The van der Waals surface area contributed by atoms with Crippen LogP contribution in [0.25, 0.3) is 0 Å². The van der Waals surface area contributed by atoms with Crippen LogP contribution in [0.2, 0.25) is 0 Å². The van der Waals surface area contributed by atoms with Gasteiger partial charge < -0.3 is 15.2 Å². The molecule has 1 aromatic rings. The normalized spacial score (nSPS) is 9.85. The van der Waals surface area contributed by atoms with Crippen molar-refractivity contribution in [3.05, 3.63) is 17.7 Å². The molecular weight excluding hydrogens is 186 g/mol. The van der Waals surface area contributed by atoms with Crippen molar-refractivity contribution in [3.8, 4) is 11.5 Å². The zero-order valence-corrected chi connectivity index (χ0v) is 8.60. The molecular formula is C9H13NO2S. The Balaban J connectivity index is 3.27. The lowest BCUT2D eigenvalue weighted by Gasteiger charge is -2.12. The van der Waals surface area contributed by atoms with E-state index in [0.717, 1.165) is 10.5 Å². The molecule has 0 heterocycles. The Morgan fingerprint density at radius 1 is 1.31 bits per heavy atom. The third kappa shape index (κ3) is 1.89. The minimum Gasteiger partial charge on any atom is -0.493 e. The fourth-order valence-electron chi connectivity index (χ4n) is 1.18. The van der Waals surface area contributed by atoms with Crippen LogP contribution in [0.15, 0.2) is 17.0 Å². The van der Waals surface area contributed by atoms with E-state index >= 15 is 0 Å². The maximum absolute atomic E-state index is 5.57. The second kappa shape index (κ2) is 4.39. The third-order valence-corrected chi connectivity index (χ3v) is 2.25. The zero-order chi connectivity index (χ0) is 9.84. The average Bonchev–Trinajstić information content (AvgIpc) is 2.17. The number of hydrogen-bond donors (Lipinski definition) is 2. The van der Waals surface area contributed by atoms with Crippen LogP contribution in [0, 0.1) is 0 Å². The van der Waals surface area contributed by atoms with Crippen LogP contribution in [0.4, 0.5) is 0 Å². The SMILES string of the molecule is COc1ccc(S)c(CN)c1OC. The van der Waals surface area contributed by atoms with Gasteiger partial charge in [-0.25, -0.2) is 0 Å². The maximum atomic E-state index is 5.57. The van der Waals surface area contributed by atoms with E-state index in [4.69, 9.17) is 15.2 Å². The van der Waals surface area contributed by atoms with Crippen LogP contribution >= 0.6 is 12.6 Å². The third-order valence-electron chi connectivity index (χ3n) is 1.83. The molecule has 0 amide bonds. The van der Waals surface area contributed by atoms with Crippen molar-refractivity contribution < 1.29 is 9.47 Å². The van der Waals surface area contributed by atoms with Gasteiger partial charge in [0.15, 0.2) is 11.5 Å². The Morgan fingerprint density at radius 3 is 2.46 bits per heavy atom. The Bertz CT molecular complexity index is 302. The molecule has 0 bridgehead atoms. The summed E-state index contributed by atoms with van der Waals surface area (Å²) in [5.41, 5.74) is 6.43. The monoisotopic (exact) mass is 199 g/mol. The highest BCUT2D eigenvalue weighted by Crippen LogP contribution is 2.34. The van der Waals surface area contributed by atoms with Crippen LogP contribution < -0.4 is 15.2 Å². The number of nitrogens with two attached hydrogens (primary N) is 1. The Morgan fingerprint density at radius 2 is 2.00 bits per heavy atom. The van der Waals surface area contributed by atoms with Crippen LogP contribution in [-0.2, 0) is 6.54 Å². The summed E-state index contributed by atoms with van der Waals surface area (Å²) in [4.78, 5) is 0.820. The smallest absolute Gasteiger partial charge is 0.166 e. The van der Waals surface area contributed by atoms with E-state index in [1.165, 1.54) is 0 Å². The van der Waals surface area contributed by atoms with E-state index in [1.807, 2.05) is 6.07 Å². The molecule has 2 N–H and O–H groups in total. The Hall–Kier alpha value is -0.870. The van der Waals surface area contributed by atoms with Crippen LogP contribution in [0.1, 0.15) is 5.56 Å². The summed E-state index contributed by atoms with van der Waals surface area (Å²) in [7, 11) is 3.18. The van der Waals surface area contributed by atoms with Gasteiger partial charge in [-0.15, -0.1) is 12.6 Å². The van der Waals surface area contributed by atoms with Crippen LogP contribution in [0.5, 0.6) is 11.5 Å². The first-order chi connectivity index (χ1) is 6.24. The number of rotatable bonds is 3. The second-order valence-corrected chi connectivity index (χ2v) is 2.98. The minimum absolute atomic E-state index is 0.388. The molecule has 0 spiro atoms. The predicted octanol–water partition coefficient (Wildman–Crippen LogP) is 1.45. The van der Waals surface area contributed by atoms with E-state index in [1.54, 1.807) is 20.3 Å². The van der Waals surface area contributed by atoms with Crippen molar-refractivity contribution >= 4 is 12.6 Å². The van der Waals surface area contributed by atoms with Gasteiger partial charge in [0.1, 0.15) is 0 Å². The van der Waals surface area contributed by atoms with Crippen molar-refractivity contribution in [3.63, 3.8) is 0 Å². The van der Waals surface area contributed by atoms with Crippen molar-refractivity contribution in [2.75, 3.05) is 14.2 Å². The Labute approximate surface area is 83.2 Å². The fourth-order valence-corrected chi connectivity index (χ4v) is 1.45. The highest BCUT2D eigenvalue weighted by atomic mass is 32.1. The van der Waals surface area contributed by atoms with Crippen LogP contribution in [0.3, 0.4) is 0 Å². The second-order valence-electron chi connectivity index (χ2n) is 2.50. The van der Waals surface area contributed by atoms with Crippen LogP contribution in [-0.4, -0.2) is 14.2 Å². The highest BCUT2D eigenvalue weighted by molar-refractivity contribution is 7.80. The largest absolute Gasteiger partial charge is 0.493 e. The topological polar surface area (TPSA) is 44.5 Å². The van der Waals surface area contributed by atoms with Gasteiger partial charge in [0, 0.05) is 17.0 Å². The number of benzene rings is 1. The van der Waals surface area contributed by atoms with Crippen molar-refractivity contribution in [2.45, 2.75) is 11.4 Å². The first-order valence-electron chi connectivity index (χ1n) is 3.87. The van der Waals surface area contributed by atoms with E-state index in [9.17, 15) is 0 Å². The van der Waals surface area contributed by atoms with E-state index in [-0.39, 0.29) is 0 Å². The molecule has 0 aliphatic heterocycles. The fraction of sp³-hybridized carbons (Fsp3) is 0.333. The molecule has 0 aliphatic carbocycles. The summed E-state index contributed by atoms with van der Waals surface area (Å²) in [5, 5.41) is 0. The number of ether oxygens (including phenoxy) is 2. The standard InChI is InChI=1S/C9H13NO2S/c1-11-7-3-4-8(13)6(5-10)9(7)12-2/h3-4,13H,5,10H2,1-2H3. The number of methoxy groups -OCH3 is 2. The molecule has 0 unspecified atom stereocenters. The zero-order valence-electron chi connectivity index (χ0n) is 7.70. The summed E-state index contributed by atoms with van der Waals surface area (Å²) in [6.45, 7) is 0.388. The summed E-state index contributed by atoms with van der Waals surface area (Å²) in [6, 6.07) is 3.65. The van der Waals surface area contributed by atoms with E-state index < -0.39 is 0 Å². The number of thiol groups is 1. The molecule has 4 heteroatoms. The first-order valence-corrected chi connectivity index (χ1v) is 4.32. The summed E-state index contributed by atoms with van der Waals surface area (Å²) in [6.07, 6.45) is 0. The lowest BCUT2D eigenvalue weighted by molar-refractivity contribution is 0.350. The van der Waals surface area contributed by atoms with Crippen molar-refractivity contribution in [1.29, 1.82) is 0 Å². The lowest BCUT2D eigenvalue weighted by Crippen LogP contribution is -2.02. The quantitative estimate of drug-likeness (QED) is 0.724. The van der Waals surface area contributed by atoms with E-state index in [2.05, 4.69) is 12.6 Å². The van der Waals surface area contributed by atoms with E-state index in [0.29, 0.717) is 18.0 Å². The maximum Gasteiger partial charge on any atom is 0.166 e. The summed E-state index contributed by atoms with van der Waals surface area (Å²) < 4.78 is 10.3. The molecule has 0 aromatic heterocycles. The molecule has 1 rings (SSSR count). The molecule has 1 aromatic carbocycles. The minimum atomic E-state index is 0.388. The molecule has 0 atom stereocenters. The van der Waals surface area contributed by atoms with Gasteiger partial charge in [0.25, 0.3) is 0 Å². The predicted molar refractivity (Wildman–Crippen MR) is 54.7 cm³/mol. The molecule has 0 aliphatic rings. The Kier molecular flexibility index (Phi) is 3.45. The van der Waals surface area contributed by atoms with Gasteiger partial charge in [-0.05, 0) is 12.1 Å². The summed E-state index contributed by atoms with van der Waals surface area (Å²) in [5.74, 6) is 1.35. The average molecular weight is 199 g/mol. The molecule has 72 valence electrons. The van der Waals surface area contributed by atoms with Gasteiger partial charge >= 0.3 is 0 Å². The van der Waals surface area contributed by atoms with Crippen molar-refractivity contribution in [1.82, 2.24) is 0 Å². The van der Waals surface area contributed by atoms with Gasteiger partial charge in [0.2, 0.25) is 0 Å². The van der Waals surface area contributed by atoms with Gasteiger partial charge in [-0.2, -0.15) is 0 Å². The molecule has 0 saturated heterocycles. The molecule has 0 fully saturated rings. The first kappa shape index (κ1) is 10.2. The lowest BCUT2D eigenvalue weighted by atomic mass is 10.2.